The summed E-state index contributed by atoms with van der Waals surface area (Å²) in [4.78, 5) is 11.0. The standard InChI is InChI=1S/C12H9F4NO2/c13-9-6-8(2-1-5-18)3-4-10(9)17-11(19)7-12(14,15)16/h3-4,6,18H,5,7H2,(H,17,19). The fourth-order valence-corrected chi connectivity index (χ4v) is 1.21. The van der Waals surface area contributed by atoms with Gasteiger partial charge in [-0.1, -0.05) is 11.8 Å². The highest BCUT2D eigenvalue weighted by atomic mass is 19.4. The van der Waals surface area contributed by atoms with E-state index in [4.69, 9.17) is 5.11 Å². The van der Waals surface area contributed by atoms with Gasteiger partial charge in [0.1, 0.15) is 18.8 Å². The lowest BCUT2D eigenvalue weighted by Crippen LogP contribution is -2.21. The molecule has 0 spiro atoms. The molecule has 0 heterocycles. The molecule has 3 nitrogen and oxygen atoms in total. The third kappa shape index (κ3) is 5.40. The Labute approximate surface area is 106 Å². The van der Waals surface area contributed by atoms with E-state index in [-0.39, 0.29) is 11.3 Å². The molecule has 0 saturated carbocycles. The number of nitrogens with one attached hydrogen (secondary N) is 1. The van der Waals surface area contributed by atoms with E-state index in [0.717, 1.165) is 12.1 Å². The molecule has 0 fully saturated rings. The molecule has 1 aromatic rings. The number of amides is 1. The smallest absolute Gasteiger partial charge is 0.384 e. The number of aliphatic hydroxyl groups is 1. The zero-order valence-corrected chi connectivity index (χ0v) is 9.51. The van der Waals surface area contributed by atoms with E-state index in [1.807, 2.05) is 5.32 Å². The maximum atomic E-state index is 13.4. The molecule has 0 aliphatic heterocycles. The molecule has 2 N–H and O–H groups in total. The summed E-state index contributed by atoms with van der Waals surface area (Å²) in [5.74, 6) is 2.46. The van der Waals surface area contributed by atoms with Crippen molar-refractivity contribution < 1.29 is 27.5 Å². The fraction of sp³-hybridized carbons (Fsp3) is 0.250. The van der Waals surface area contributed by atoms with Crippen LogP contribution in [0.1, 0.15) is 12.0 Å². The summed E-state index contributed by atoms with van der Waals surface area (Å²) < 4.78 is 49.2. The Morgan fingerprint density at radius 2 is 2.05 bits per heavy atom. The number of anilines is 1. The number of carbonyl (C=O) groups is 1. The minimum Gasteiger partial charge on any atom is -0.384 e. The molecular formula is C12H9F4NO2. The number of rotatable bonds is 2. The summed E-state index contributed by atoms with van der Waals surface area (Å²) in [5.41, 5.74) is -0.121. The van der Waals surface area contributed by atoms with Crippen molar-refractivity contribution in [2.45, 2.75) is 12.6 Å². The molecule has 0 radical (unpaired) electrons. The first kappa shape index (κ1) is 15.0. The van der Waals surface area contributed by atoms with Gasteiger partial charge in [0.05, 0.1) is 5.69 Å². The lowest BCUT2D eigenvalue weighted by Gasteiger charge is -2.08. The molecule has 0 aromatic heterocycles. The summed E-state index contributed by atoms with van der Waals surface area (Å²) in [6.07, 6.45) is -6.33. The summed E-state index contributed by atoms with van der Waals surface area (Å²) in [7, 11) is 0. The molecule has 0 bridgehead atoms. The van der Waals surface area contributed by atoms with Gasteiger partial charge >= 0.3 is 6.18 Å². The predicted octanol–water partition coefficient (Wildman–Crippen LogP) is 2.06. The van der Waals surface area contributed by atoms with Gasteiger partial charge in [-0.25, -0.2) is 4.39 Å². The van der Waals surface area contributed by atoms with Gasteiger partial charge in [-0.05, 0) is 18.2 Å². The van der Waals surface area contributed by atoms with Gasteiger partial charge in [-0.3, -0.25) is 4.79 Å². The minimum atomic E-state index is -4.65. The lowest BCUT2D eigenvalue weighted by molar-refractivity contribution is -0.150. The Bertz CT molecular complexity index is 529. The molecule has 0 unspecified atom stereocenters. The molecule has 0 saturated heterocycles. The molecule has 1 rings (SSSR count). The molecule has 102 valence electrons. The third-order valence-electron chi connectivity index (χ3n) is 1.92. The van der Waals surface area contributed by atoms with E-state index in [2.05, 4.69) is 11.8 Å². The fourth-order valence-electron chi connectivity index (χ4n) is 1.21. The van der Waals surface area contributed by atoms with Gasteiger partial charge in [-0.15, -0.1) is 0 Å². The van der Waals surface area contributed by atoms with E-state index in [9.17, 15) is 22.4 Å². The number of benzene rings is 1. The molecule has 7 heteroatoms. The van der Waals surface area contributed by atoms with Crippen LogP contribution in [0.4, 0.5) is 23.2 Å². The summed E-state index contributed by atoms with van der Waals surface area (Å²) in [6.45, 7) is -0.397. The van der Waals surface area contributed by atoms with Crippen molar-refractivity contribution in [3.05, 3.63) is 29.6 Å². The van der Waals surface area contributed by atoms with E-state index >= 15 is 0 Å². The maximum absolute atomic E-state index is 13.4. The highest BCUT2D eigenvalue weighted by Gasteiger charge is 2.31. The maximum Gasteiger partial charge on any atom is 0.397 e. The zero-order chi connectivity index (χ0) is 14.5. The monoisotopic (exact) mass is 275 g/mol. The van der Waals surface area contributed by atoms with Crippen molar-refractivity contribution >= 4 is 11.6 Å². The first-order valence-electron chi connectivity index (χ1n) is 5.07. The normalized spacial score (nSPS) is 10.6. The van der Waals surface area contributed by atoms with Crippen molar-refractivity contribution in [2.24, 2.45) is 0 Å². The Kier molecular flexibility index (Phi) is 4.89. The van der Waals surface area contributed by atoms with Gasteiger partial charge in [-0.2, -0.15) is 13.2 Å². The number of hydrogen-bond acceptors (Lipinski definition) is 2. The quantitative estimate of drug-likeness (QED) is 0.641. The van der Waals surface area contributed by atoms with Crippen LogP contribution in [0.5, 0.6) is 0 Å². The molecule has 1 aromatic carbocycles. The van der Waals surface area contributed by atoms with Gasteiger partial charge in [0.25, 0.3) is 0 Å². The van der Waals surface area contributed by atoms with Gasteiger partial charge < -0.3 is 10.4 Å². The highest BCUT2D eigenvalue weighted by Crippen LogP contribution is 2.21. The Hall–Kier alpha value is -2.07. The van der Waals surface area contributed by atoms with Crippen molar-refractivity contribution in [1.29, 1.82) is 0 Å². The molecular weight excluding hydrogens is 266 g/mol. The lowest BCUT2D eigenvalue weighted by atomic mass is 10.2. The largest absolute Gasteiger partial charge is 0.397 e. The molecule has 0 aliphatic rings. The van der Waals surface area contributed by atoms with Crippen LogP contribution < -0.4 is 5.32 Å². The topological polar surface area (TPSA) is 49.3 Å². The predicted molar refractivity (Wildman–Crippen MR) is 59.7 cm³/mol. The Morgan fingerprint density at radius 3 is 2.58 bits per heavy atom. The number of halogens is 4. The van der Waals surface area contributed by atoms with Crippen LogP contribution in [0, 0.1) is 17.7 Å². The summed E-state index contributed by atoms with van der Waals surface area (Å²) in [5, 5.41) is 10.3. The molecule has 0 atom stereocenters. The Morgan fingerprint density at radius 1 is 1.37 bits per heavy atom. The molecule has 0 aliphatic carbocycles. The van der Waals surface area contributed by atoms with E-state index in [0.29, 0.717) is 0 Å². The number of hydrogen-bond donors (Lipinski definition) is 2. The van der Waals surface area contributed by atoms with Crippen LogP contribution in [-0.2, 0) is 4.79 Å². The van der Waals surface area contributed by atoms with Crippen LogP contribution in [0.15, 0.2) is 18.2 Å². The minimum absolute atomic E-state index is 0.236. The zero-order valence-electron chi connectivity index (χ0n) is 9.51. The van der Waals surface area contributed by atoms with Crippen molar-refractivity contribution in [3.8, 4) is 11.8 Å². The average Bonchev–Trinajstić information content (AvgIpc) is 2.27. The number of aliphatic hydroxyl groups excluding tert-OH is 1. The second kappa shape index (κ2) is 6.20. The van der Waals surface area contributed by atoms with Crippen LogP contribution >= 0.6 is 0 Å². The van der Waals surface area contributed by atoms with Crippen LogP contribution in [0.3, 0.4) is 0 Å². The van der Waals surface area contributed by atoms with Gasteiger partial charge in [0.2, 0.25) is 5.91 Å². The van der Waals surface area contributed by atoms with E-state index < -0.39 is 30.9 Å². The highest BCUT2D eigenvalue weighted by molar-refractivity contribution is 5.91. The number of carbonyl (C=O) groups excluding carboxylic acids is 1. The number of alkyl halides is 3. The summed E-state index contributed by atoms with van der Waals surface area (Å²) in [6, 6.07) is 3.37. The SMILES string of the molecule is O=C(CC(F)(F)F)Nc1ccc(C#CCO)cc1F. The molecule has 1 amide bonds. The first-order chi connectivity index (χ1) is 8.81. The van der Waals surface area contributed by atoms with Crippen molar-refractivity contribution in [3.63, 3.8) is 0 Å². The van der Waals surface area contributed by atoms with Gasteiger partial charge in [0.15, 0.2) is 0 Å². The van der Waals surface area contributed by atoms with Crippen molar-refractivity contribution in [2.75, 3.05) is 11.9 Å². The second-order valence-corrected chi connectivity index (χ2v) is 3.49. The average molecular weight is 275 g/mol. The van der Waals surface area contributed by atoms with Crippen LogP contribution in [0.25, 0.3) is 0 Å². The summed E-state index contributed by atoms with van der Waals surface area (Å²) >= 11 is 0. The van der Waals surface area contributed by atoms with Crippen molar-refractivity contribution in [1.82, 2.24) is 0 Å². The second-order valence-electron chi connectivity index (χ2n) is 3.49. The van der Waals surface area contributed by atoms with Gasteiger partial charge in [0, 0.05) is 5.56 Å². The van der Waals surface area contributed by atoms with Crippen LogP contribution in [0.2, 0.25) is 0 Å². The van der Waals surface area contributed by atoms with E-state index in [1.165, 1.54) is 6.07 Å². The van der Waals surface area contributed by atoms with E-state index in [1.54, 1.807) is 0 Å². The Balaban J connectivity index is 2.78. The molecule has 19 heavy (non-hydrogen) atoms. The van der Waals surface area contributed by atoms with Crippen LogP contribution in [-0.4, -0.2) is 23.8 Å². The first-order valence-corrected chi connectivity index (χ1v) is 5.07. The third-order valence-corrected chi connectivity index (χ3v) is 1.92.